The van der Waals surface area contributed by atoms with Gasteiger partial charge in [-0.1, -0.05) is 61.4 Å². The molecule has 0 radical (unpaired) electrons. The van der Waals surface area contributed by atoms with E-state index in [1.54, 1.807) is 0 Å². The molecule has 0 amide bonds. The molecule has 2 heteroatoms. The molecule has 0 aliphatic carbocycles. The van der Waals surface area contributed by atoms with Crippen molar-refractivity contribution in [1.29, 1.82) is 0 Å². The van der Waals surface area contributed by atoms with Crippen LogP contribution in [-0.2, 0) is 0 Å². The molecule has 0 saturated carbocycles. The predicted octanol–water partition coefficient (Wildman–Crippen LogP) is 2.40. The third-order valence-electron chi connectivity index (χ3n) is 2.02. The molecule has 78 valence electrons. The lowest BCUT2D eigenvalue weighted by molar-refractivity contribution is 0.501. The molecule has 0 rings (SSSR count). The Kier molecular flexibility index (Phi) is 5.27. The molecule has 0 bridgehead atoms. The summed E-state index contributed by atoms with van der Waals surface area (Å²) in [6, 6.07) is -0.381. The number of rotatable bonds is 2. The topological polar surface area (TPSA) is 26.0 Å². The van der Waals surface area contributed by atoms with Gasteiger partial charge in [0.25, 0.3) is 0 Å². The minimum absolute atomic E-state index is 0.278. The number of halogens is 1. The van der Waals surface area contributed by atoms with Crippen LogP contribution < -0.4 is 5.73 Å². The fourth-order valence-electron chi connectivity index (χ4n) is 0.957. The Morgan fingerprint density at radius 3 is 2.07 bits per heavy atom. The number of alkyl halides is 1. The smallest absolute Gasteiger partial charge is 0.115 e. The van der Waals surface area contributed by atoms with Crippen molar-refractivity contribution in [2.45, 2.75) is 38.1 Å². The van der Waals surface area contributed by atoms with Gasteiger partial charge in [0.15, 0.2) is 0 Å². The second kappa shape index (κ2) is 5.44. The van der Waals surface area contributed by atoms with E-state index < -0.39 is 4.32 Å². The average Bonchev–Trinajstić information content (AvgIpc) is 2.12. The van der Waals surface area contributed by atoms with Gasteiger partial charge in [0.05, 0.1) is 6.04 Å². The molecule has 0 heterocycles. The quantitative estimate of drug-likeness (QED) is 0.596. The summed E-state index contributed by atoms with van der Waals surface area (Å²) in [5.41, 5.74) is 5.85. The van der Waals surface area contributed by atoms with E-state index in [-0.39, 0.29) is 12.0 Å². The standard InChI is InChI=1S/C12H18BrN/c1-6-11(14)12(13,10(4)5)8-7-9(2)3/h1,9-11H,14H2,2-5H3. The first-order valence-electron chi connectivity index (χ1n) is 4.78. The summed E-state index contributed by atoms with van der Waals surface area (Å²) in [6.45, 7) is 8.20. The van der Waals surface area contributed by atoms with E-state index in [2.05, 4.69) is 47.5 Å². The Morgan fingerprint density at radius 1 is 1.29 bits per heavy atom. The van der Waals surface area contributed by atoms with Crippen molar-refractivity contribution in [1.82, 2.24) is 0 Å². The van der Waals surface area contributed by atoms with Crippen LogP contribution in [0.4, 0.5) is 0 Å². The fourth-order valence-corrected chi connectivity index (χ4v) is 1.20. The summed E-state index contributed by atoms with van der Waals surface area (Å²) in [4.78, 5) is 0. The molecule has 0 fully saturated rings. The summed E-state index contributed by atoms with van der Waals surface area (Å²) >= 11 is 3.56. The summed E-state index contributed by atoms with van der Waals surface area (Å²) < 4.78 is -0.466. The van der Waals surface area contributed by atoms with Gasteiger partial charge in [0.2, 0.25) is 0 Å². The highest BCUT2D eigenvalue weighted by Gasteiger charge is 2.34. The van der Waals surface area contributed by atoms with Crippen molar-refractivity contribution < 1.29 is 0 Å². The van der Waals surface area contributed by atoms with Gasteiger partial charge in [-0.15, -0.1) is 6.42 Å². The van der Waals surface area contributed by atoms with E-state index in [9.17, 15) is 0 Å². The maximum Gasteiger partial charge on any atom is 0.115 e. The first-order chi connectivity index (χ1) is 6.34. The van der Waals surface area contributed by atoms with Crippen molar-refractivity contribution in [3.63, 3.8) is 0 Å². The first-order valence-corrected chi connectivity index (χ1v) is 5.57. The normalized spacial score (nSPS) is 16.8. The van der Waals surface area contributed by atoms with E-state index in [1.807, 2.05) is 13.8 Å². The molecular formula is C12H18BrN. The lowest BCUT2D eigenvalue weighted by atomic mass is 9.89. The van der Waals surface area contributed by atoms with Crippen LogP contribution in [0.3, 0.4) is 0 Å². The van der Waals surface area contributed by atoms with Gasteiger partial charge in [-0.05, 0) is 5.92 Å². The number of hydrogen-bond acceptors (Lipinski definition) is 1. The average molecular weight is 256 g/mol. The van der Waals surface area contributed by atoms with Gasteiger partial charge < -0.3 is 5.73 Å². The van der Waals surface area contributed by atoms with Crippen LogP contribution >= 0.6 is 15.9 Å². The molecule has 2 atom stereocenters. The van der Waals surface area contributed by atoms with Crippen molar-refractivity contribution >= 4 is 15.9 Å². The van der Waals surface area contributed by atoms with Gasteiger partial charge in [0.1, 0.15) is 4.32 Å². The van der Waals surface area contributed by atoms with Crippen LogP contribution in [0.1, 0.15) is 27.7 Å². The molecule has 0 aliphatic heterocycles. The Labute approximate surface area is 96.0 Å². The molecule has 0 spiro atoms. The van der Waals surface area contributed by atoms with E-state index in [1.165, 1.54) is 0 Å². The Morgan fingerprint density at radius 2 is 1.79 bits per heavy atom. The number of terminal acetylenes is 1. The Bertz CT molecular complexity index is 277. The molecule has 0 saturated heterocycles. The molecule has 2 unspecified atom stereocenters. The number of hydrogen-bond donors (Lipinski definition) is 1. The van der Waals surface area contributed by atoms with Gasteiger partial charge in [-0.3, -0.25) is 0 Å². The molecule has 0 aromatic rings. The lowest BCUT2D eigenvalue weighted by Crippen LogP contribution is -2.45. The van der Waals surface area contributed by atoms with Crippen LogP contribution in [0.5, 0.6) is 0 Å². The fraction of sp³-hybridized carbons (Fsp3) is 0.667. The molecule has 0 aromatic heterocycles. The summed E-state index contributed by atoms with van der Waals surface area (Å²) in [5, 5.41) is 0. The second-order valence-corrected chi connectivity index (χ2v) is 5.30. The zero-order valence-corrected chi connectivity index (χ0v) is 10.9. The van der Waals surface area contributed by atoms with Gasteiger partial charge >= 0.3 is 0 Å². The van der Waals surface area contributed by atoms with Crippen molar-refractivity contribution in [3.05, 3.63) is 0 Å². The zero-order chi connectivity index (χ0) is 11.4. The lowest BCUT2D eigenvalue weighted by Gasteiger charge is -2.29. The highest BCUT2D eigenvalue weighted by Crippen LogP contribution is 2.29. The highest BCUT2D eigenvalue weighted by atomic mass is 79.9. The molecule has 2 N–H and O–H groups in total. The highest BCUT2D eigenvalue weighted by molar-refractivity contribution is 9.10. The molecule has 1 nitrogen and oxygen atoms in total. The summed E-state index contributed by atoms with van der Waals surface area (Å²) in [5.74, 6) is 9.40. The molecule has 0 aromatic carbocycles. The van der Waals surface area contributed by atoms with Gasteiger partial charge in [0, 0.05) is 5.92 Å². The summed E-state index contributed by atoms with van der Waals surface area (Å²) in [6.07, 6.45) is 5.33. The van der Waals surface area contributed by atoms with Crippen molar-refractivity contribution in [2.24, 2.45) is 17.6 Å². The maximum absolute atomic E-state index is 5.85. The molecule has 14 heavy (non-hydrogen) atoms. The Hall–Kier alpha value is -0.440. The van der Waals surface area contributed by atoms with Crippen LogP contribution in [-0.4, -0.2) is 10.4 Å². The van der Waals surface area contributed by atoms with E-state index in [4.69, 9.17) is 12.2 Å². The van der Waals surface area contributed by atoms with Gasteiger partial charge in [-0.2, -0.15) is 0 Å². The zero-order valence-electron chi connectivity index (χ0n) is 9.26. The Balaban J connectivity index is 4.97. The third kappa shape index (κ3) is 3.37. The van der Waals surface area contributed by atoms with Crippen LogP contribution in [0.15, 0.2) is 0 Å². The number of nitrogens with two attached hydrogens (primary N) is 1. The van der Waals surface area contributed by atoms with Crippen LogP contribution in [0, 0.1) is 36.0 Å². The van der Waals surface area contributed by atoms with Crippen molar-refractivity contribution in [2.75, 3.05) is 0 Å². The SMILES string of the molecule is C#CC(N)C(Br)(C#CC(C)C)C(C)C. The second-order valence-electron chi connectivity index (χ2n) is 3.99. The van der Waals surface area contributed by atoms with E-state index >= 15 is 0 Å². The summed E-state index contributed by atoms with van der Waals surface area (Å²) in [7, 11) is 0. The molecular weight excluding hydrogens is 238 g/mol. The first kappa shape index (κ1) is 13.6. The predicted molar refractivity (Wildman–Crippen MR) is 65.9 cm³/mol. The third-order valence-corrected chi connectivity index (χ3v) is 3.63. The van der Waals surface area contributed by atoms with E-state index in [0.29, 0.717) is 5.92 Å². The van der Waals surface area contributed by atoms with E-state index in [0.717, 1.165) is 0 Å². The van der Waals surface area contributed by atoms with Crippen LogP contribution in [0.2, 0.25) is 0 Å². The minimum Gasteiger partial charge on any atom is -0.316 e. The van der Waals surface area contributed by atoms with Gasteiger partial charge in [-0.25, -0.2) is 0 Å². The monoisotopic (exact) mass is 255 g/mol. The maximum atomic E-state index is 5.85. The largest absolute Gasteiger partial charge is 0.316 e. The van der Waals surface area contributed by atoms with Crippen molar-refractivity contribution in [3.8, 4) is 24.2 Å². The molecule has 0 aliphatic rings. The minimum atomic E-state index is -0.466. The van der Waals surface area contributed by atoms with Crippen LogP contribution in [0.25, 0.3) is 0 Å².